The Morgan fingerprint density at radius 1 is 1.21 bits per heavy atom. The van der Waals surface area contributed by atoms with Gasteiger partial charge in [0.2, 0.25) is 0 Å². The summed E-state index contributed by atoms with van der Waals surface area (Å²) in [4.78, 5) is 22.7. The molecule has 0 aliphatic heterocycles. The summed E-state index contributed by atoms with van der Waals surface area (Å²) >= 11 is 1.36. The molecule has 1 fully saturated rings. The number of nitrogens with one attached hydrogen (secondary N) is 1. The Morgan fingerprint density at radius 3 is 2.74 bits per heavy atom. The van der Waals surface area contributed by atoms with Crippen molar-refractivity contribution in [1.29, 1.82) is 0 Å². The number of anilines is 1. The van der Waals surface area contributed by atoms with Crippen LogP contribution < -0.4 is 10.1 Å². The number of carbonyl (C=O) groups is 1. The summed E-state index contributed by atoms with van der Waals surface area (Å²) in [5.41, 5.74) is 4.67. The van der Waals surface area contributed by atoms with Crippen molar-refractivity contribution >= 4 is 33.5 Å². The number of aryl methyl sites for hydroxylation is 1. The SMILES string of the molecule is COc1ccc(-c2noc3nc(C4CC4)cc(C(=O)Nc4nc(-c5ccnn5C)cs4)c23)cc1. The molecule has 4 aromatic heterocycles. The number of hydrogen-bond acceptors (Lipinski definition) is 8. The number of methoxy groups -OCH3 is 1. The van der Waals surface area contributed by atoms with Crippen LogP contribution in [0.1, 0.15) is 34.8 Å². The first-order chi connectivity index (χ1) is 16.6. The number of amides is 1. The van der Waals surface area contributed by atoms with Gasteiger partial charge in [0.1, 0.15) is 17.1 Å². The monoisotopic (exact) mass is 472 g/mol. The van der Waals surface area contributed by atoms with Gasteiger partial charge in [-0.2, -0.15) is 5.10 Å². The van der Waals surface area contributed by atoms with Crippen LogP contribution in [-0.2, 0) is 7.05 Å². The number of ether oxygens (including phenoxy) is 1. The van der Waals surface area contributed by atoms with Crippen LogP contribution in [0.3, 0.4) is 0 Å². The molecule has 0 unspecified atom stereocenters. The van der Waals surface area contributed by atoms with Crippen LogP contribution in [0.4, 0.5) is 5.13 Å². The molecular weight excluding hydrogens is 452 g/mol. The number of hydrogen-bond donors (Lipinski definition) is 1. The highest BCUT2D eigenvalue weighted by Crippen LogP contribution is 2.41. The van der Waals surface area contributed by atoms with E-state index in [1.807, 2.05) is 48.8 Å². The number of nitrogens with zero attached hydrogens (tertiary/aromatic N) is 5. The van der Waals surface area contributed by atoms with Gasteiger partial charge in [-0.25, -0.2) is 9.97 Å². The first-order valence-electron chi connectivity index (χ1n) is 10.8. The molecule has 0 bridgehead atoms. The fourth-order valence-corrected chi connectivity index (χ4v) is 4.62. The minimum absolute atomic E-state index is 0.279. The third-order valence-electron chi connectivity index (χ3n) is 5.88. The van der Waals surface area contributed by atoms with Crippen LogP contribution in [-0.4, -0.2) is 37.9 Å². The molecule has 5 aromatic rings. The second kappa shape index (κ2) is 8.07. The van der Waals surface area contributed by atoms with E-state index in [1.54, 1.807) is 18.0 Å². The zero-order chi connectivity index (χ0) is 23.2. The first kappa shape index (κ1) is 20.5. The minimum Gasteiger partial charge on any atom is -0.497 e. The highest BCUT2D eigenvalue weighted by Gasteiger charge is 2.29. The summed E-state index contributed by atoms with van der Waals surface area (Å²) < 4.78 is 12.6. The molecule has 1 aliphatic carbocycles. The molecular formula is C24H20N6O3S. The Kier molecular flexibility index (Phi) is 4.88. The predicted octanol–water partition coefficient (Wildman–Crippen LogP) is 4.89. The molecule has 1 aliphatic rings. The molecule has 0 atom stereocenters. The molecule has 10 heteroatoms. The van der Waals surface area contributed by atoms with E-state index in [0.29, 0.717) is 33.4 Å². The van der Waals surface area contributed by atoms with E-state index in [-0.39, 0.29) is 5.91 Å². The Bertz CT molecular complexity index is 1510. The third kappa shape index (κ3) is 3.61. The standard InChI is InChI=1S/C24H20N6O3S/c1-30-19(9-10-25-30)18-12-34-24(27-18)28-22(31)16-11-17(13-3-4-13)26-23-20(16)21(29-33-23)14-5-7-15(32-2)8-6-14/h5-13H,3-4H2,1-2H3,(H,27,28,31). The van der Waals surface area contributed by atoms with Gasteiger partial charge >= 0.3 is 0 Å². The van der Waals surface area contributed by atoms with Crippen molar-refractivity contribution < 1.29 is 14.1 Å². The quantitative estimate of drug-likeness (QED) is 0.375. The van der Waals surface area contributed by atoms with E-state index >= 15 is 0 Å². The number of pyridine rings is 1. The maximum Gasteiger partial charge on any atom is 0.259 e. The normalized spacial score (nSPS) is 13.4. The van der Waals surface area contributed by atoms with Crippen LogP contribution in [0.25, 0.3) is 33.7 Å². The van der Waals surface area contributed by atoms with Gasteiger partial charge in [0.25, 0.3) is 11.6 Å². The average Bonchev–Trinajstić information content (AvgIpc) is 3.22. The van der Waals surface area contributed by atoms with Crippen molar-refractivity contribution in [3.05, 3.63) is 59.2 Å². The number of benzene rings is 1. The molecule has 1 saturated carbocycles. The Labute approximate surface area is 198 Å². The van der Waals surface area contributed by atoms with Crippen molar-refractivity contribution in [3.8, 4) is 28.4 Å². The summed E-state index contributed by atoms with van der Waals surface area (Å²) in [6, 6.07) is 11.2. The lowest BCUT2D eigenvalue weighted by Gasteiger charge is -2.07. The summed E-state index contributed by atoms with van der Waals surface area (Å²) in [5, 5.41) is 14.4. The number of carbonyl (C=O) groups excluding carboxylic acids is 1. The van der Waals surface area contributed by atoms with Crippen molar-refractivity contribution in [2.24, 2.45) is 7.05 Å². The van der Waals surface area contributed by atoms with Gasteiger partial charge in [-0.05, 0) is 49.2 Å². The Hall–Kier alpha value is -4.05. The summed E-state index contributed by atoms with van der Waals surface area (Å²) in [6.07, 6.45) is 3.83. The summed E-state index contributed by atoms with van der Waals surface area (Å²) in [7, 11) is 3.47. The molecule has 9 nitrogen and oxygen atoms in total. The second-order valence-corrected chi connectivity index (χ2v) is 9.00. The van der Waals surface area contributed by atoms with Crippen LogP contribution in [0.5, 0.6) is 5.75 Å². The Balaban J connectivity index is 1.39. The van der Waals surface area contributed by atoms with Gasteiger partial charge < -0.3 is 9.26 Å². The zero-order valence-corrected chi connectivity index (χ0v) is 19.3. The predicted molar refractivity (Wildman–Crippen MR) is 128 cm³/mol. The van der Waals surface area contributed by atoms with Gasteiger partial charge in [-0.3, -0.25) is 14.8 Å². The van der Waals surface area contributed by atoms with Crippen LogP contribution in [0, 0.1) is 0 Å². The van der Waals surface area contributed by atoms with Crippen molar-refractivity contribution in [2.75, 3.05) is 12.4 Å². The van der Waals surface area contributed by atoms with Gasteiger partial charge in [0.15, 0.2) is 5.13 Å². The van der Waals surface area contributed by atoms with Crippen molar-refractivity contribution in [3.63, 3.8) is 0 Å². The zero-order valence-electron chi connectivity index (χ0n) is 18.5. The van der Waals surface area contributed by atoms with E-state index < -0.39 is 0 Å². The second-order valence-electron chi connectivity index (χ2n) is 8.14. The first-order valence-corrected chi connectivity index (χ1v) is 11.7. The number of rotatable bonds is 6. The highest BCUT2D eigenvalue weighted by atomic mass is 32.1. The summed E-state index contributed by atoms with van der Waals surface area (Å²) in [6.45, 7) is 0. The number of thiazole rings is 1. The van der Waals surface area contributed by atoms with Gasteiger partial charge in [-0.1, -0.05) is 5.16 Å². The largest absolute Gasteiger partial charge is 0.497 e. The molecule has 1 aromatic carbocycles. The molecule has 34 heavy (non-hydrogen) atoms. The van der Waals surface area contributed by atoms with Crippen LogP contribution in [0.15, 0.2) is 52.5 Å². The lowest BCUT2D eigenvalue weighted by atomic mass is 10.0. The maximum atomic E-state index is 13.5. The molecule has 0 saturated heterocycles. The van der Waals surface area contributed by atoms with E-state index in [2.05, 4.69) is 25.5 Å². The fourth-order valence-electron chi connectivity index (χ4n) is 3.92. The molecule has 170 valence electrons. The van der Waals surface area contributed by atoms with Crippen LogP contribution >= 0.6 is 11.3 Å². The highest BCUT2D eigenvalue weighted by molar-refractivity contribution is 7.14. The van der Waals surface area contributed by atoms with Gasteiger partial charge in [0, 0.05) is 35.8 Å². The van der Waals surface area contributed by atoms with Crippen LogP contribution in [0.2, 0.25) is 0 Å². The Morgan fingerprint density at radius 2 is 2.03 bits per heavy atom. The van der Waals surface area contributed by atoms with Crippen molar-refractivity contribution in [2.45, 2.75) is 18.8 Å². The number of aromatic nitrogens is 5. The molecule has 1 N–H and O–H groups in total. The lowest BCUT2D eigenvalue weighted by Crippen LogP contribution is -2.13. The smallest absolute Gasteiger partial charge is 0.259 e. The average molecular weight is 473 g/mol. The molecule has 0 radical (unpaired) electrons. The maximum absolute atomic E-state index is 13.5. The molecule has 6 rings (SSSR count). The van der Waals surface area contributed by atoms with E-state index in [1.165, 1.54) is 11.3 Å². The topological polar surface area (TPSA) is 108 Å². The molecule has 4 heterocycles. The van der Waals surface area contributed by atoms with E-state index in [9.17, 15) is 4.79 Å². The van der Waals surface area contributed by atoms with E-state index in [0.717, 1.165) is 41.2 Å². The lowest BCUT2D eigenvalue weighted by molar-refractivity contribution is 0.102. The van der Waals surface area contributed by atoms with Gasteiger partial charge in [-0.15, -0.1) is 11.3 Å². The minimum atomic E-state index is -0.279. The summed E-state index contributed by atoms with van der Waals surface area (Å²) in [5.74, 6) is 0.802. The molecule has 0 spiro atoms. The molecule has 1 amide bonds. The van der Waals surface area contributed by atoms with Gasteiger partial charge in [0.05, 0.1) is 23.8 Å². The fraction of sp³-hybridized carbons (Fsp3) is 0.208. The van der Waals surface area contributed by atoms with Crippen molar-refractivity contribution in [1.82, 2.24) is 24.9 Å². The third-order valence-corrected chi connectivity index (χ3v) is 6.64. The number of fused-ring (bicyclic) bond motifs is 1. The van der Waals surface area contributed by atoms with E-state index in [4.69, 9.17) is 9.26 Å².